The maximum atomic E-state index is 11.4. The molecule has 40 N–H and O–H groups in total. The average molecular weight is 868 g/mol. The van der Waals surface area contributed by atoms with Gasteiger partial charge < -0.3 is 129 Å². The maximum absolute atomic E-state index is 11.4. The third-order valence-electron chi connectivity index (χ3n) is 3.49. The molecule has 0 saturated heterocycles. The van der Waals surface area contributed by atoms with Crippen LogP contribution >= 0.6 is 46.9 Å². The van der Waals surface area contributed by atoms with Crippen LogP contribution in [0, 0.1) is 0 Å². The SMILES string of the molecule is N.N.N.N.N.N.N.N.N.N.O=P([O-])([O-])OC1[C@@H](OP(=O)(O)O)[C@H](OP(=O)(O)O)C(OP(=O)(O)O)[C@H](OP(=O)(O)O)[C@@H]1OP(=O)(O)O.[Ca+2]. The molecule has 6 atom stereocenters. The second kappa shape index (κ2) is 27.2. The molecule has 0 amide bonds. The van der Waals surface area contributed by atoms with Crippen LogP contribution in [0.2, 0.25) is 0 Å². The summed E-state index contributed by atoms with van der Waals surface area (Å²) in [4.78, 5) is 114. The predicted octanol–water partition coefficient (Wildman–Crippen LogP) is -3.16. The molecule has 0 aromatic rings. The van der Waals surface area contributed by atoms with Crippen molar-refractivity contribution >= 4 is 84.7 Å². The molecule has 1 aliphatic rings. The molecule has 0 aromatic heterocycles. The van der Waals surface area contributed by atoms with Crippen LogP contribution in [-0.4, -0.2) is 123 Å². The number of phosphoric ester groups is 6. The topological polar surface area (TPSA) is 756 Å². The van der Waals surface area contributed by atoms with Gasteiger partial charge in [-0.3, -0.25) is 22.6 Å². The molecule has 1 saturated carbocycles. The number of hydrogen-bond donors (Lipinski definition) is 20. The van der Waals surface area contributed by atoms with Gasteiger partial charge in [0, 0.05) is 0 Å². The van der Waals surface area contributed by atoms with E-state index in [2.05, 4.69) is 27.1 Å². The van der Waals surface area contributed by atoms with E-state index in [9.17, 15) is 37.2 Å². The van der Waals surface area contributed by atoms with E-state index >= 15 is 0 Å². The first-order chi connectivity index (χ1) is 15.6. The van der Waals surface area contributed by atoms with E-state index in [0.29, 0.717) is 0 Å². The molecule has 41 heteroatoms. The van der Waals surface area contributed by atoms with Crippen LogP contribution in [0.1, 0.15) is 0 Å². The van der Waals surface area contributed by atoms with Crippen molar-refractivity contribution < 1.29 is 113 Å². The van der Waals surface area contributed by atoms with E-state index in [0.717, 1.165) is 0 Å². The molecular weight excluding hydrogens is 822 g/mol. The number of hydrogen-bond acceptors (Lipinski definition) is 24. The summed E-state index contributed by atoms with van der Waals surface area (Å²) in [5.41, 5.74) is 0. The molecule has 0 bridgehead atoms. The molecule has 1 aliphatic carbocycles. The van der Waals surface area contributed by atoms with Gasteiger partial charge in [0.1, 0.15) is 36.6 Å². The zero-order valence-electron chi connectivity index (χ0n) is 24.1. The van der Waals surface area contributed by atoms with Crippen molar-refractivity contribution in [3.63, 3.8) is 0 Å². The van der Waals surface area contributed by atoms with E-state index in [4.69, 9.17) is 48.9 Å². The van der Waals surface area contributed by atoms with Gasteiger partial charge in [-0.05, 0) is 0 Å². The molecule has 0 heterocycles. The normalized spacial score (nSPS) is 22.5. The van der Waals surface area contributed by atoms with Gasteiger partial charge in [0.25, 0.3) is 0 Å². The Balaban J connectivity index is -0.000000131. The van der Waals surface area contributed by atoms with Gasteiger partial charge in [-0.1, -0.05) is 0 Å². The summed E-state index contributed by atoms with van der Waals surface area (Å²) in [5, 5.41) is 0. The fourth-order valence-electron chi connectivity index (χ4n) is 2.78. The van der Waals surface area contributed by atoms with Gasteiger partial charge in [0.15, 0.2) is 0 Å². The number of phosphoric acid groups is 6. The summed E-state index contributed by atoms with van der Waals surface area (Å²) in [6.45, 7) is 0. The molecule has 34 nitrogen and oxygen atoms in total. The smallest absolute Gasteiger partial charge is 0.790 e. The fourth-order valence-corrected chi connectivity index (χ4v) is 6.11. The molecule has 1 rings (SSSR count). The Labute approximate surface area is 295 Å². The van der Waals surface area contributed by atoms with E-state index < -0.39 is 83.6 Å². The Bertz CT molecular complexity index is 860. The summed E-state index contributed by atoms with van der Waals surface area (Å²) in [7, 11) is -36.8. The predicted molar refractivity (Wildman–Crippen MR) is 153 cm³/mol. The zero-order chi connectivity index (χ0) is 28.7. The van der Waals surface area contributed by atoms with Gasteiger partial charge in [0.05, 0.1) is 7.82 Å². The quantitative estimate of drug-likeness (QED) is 0.0680. The van der Waals surface area contributed by atoms with Gasteiger partial charge >= 0.3 is 76.9 Å². The Morgan fingerprint density at radius 3 is 0.511 bits per heavy atom. The van der Waals surface area contributed by atoms with Crippen LogP contribution in [0.5, 0.6) is 0 Å². The first-order valence-electron chi connectivity index (χ1n) is 7.97. The maximum Gasteiger partial charge on any atom is 2.00 e. The molecule has 0 aliphatic heterocycles. The molecule has 0 spiro atoms. The van der Waals surface area contributed by atoms with Crippen molar-refractivity contribution in [2.45, 2.75) is 36.6 Å². The minimum atomic E-state index is -6.52. The number of rotatable bonds is 12. The van der Waals surface area contributed by atoms with Crippen molar-refractivity contribution in [3.8, 4) is 0 Å². The molecule has 47 heavy (non-hydrogen) atoms. The monoisotopic (exact) mass is 868 g/mol. The van der Waals surface area contributed by atoms with E-state index in [-0.39, 0.29) is 99.2 Å². The summed E-state index contributed by atoms with van der Waals surface area (Å²) in [6.07, 6.45) is -19.3. The van der Waals surface area contributed by atoms with Crippen LogP contribution in [0.25, 0.3) is 0 Å². The van der Waals surface area contributed by atoms with E-state index in [1.807, 2.05) is 0 Å². The third-order valence-corrected chi connectivity index (χ3v) is 6.58. The van der Waals surface area contributed by atoms with Crippen molar-refractivity contribution in [2.75, 3.05) is 0 Å². The summed E-state index contributed by atoms with van der Waals surface area (Å²) in [5.74, 6) is 0. The van der Waals surface area contributed by atoms with Crippen molar-refractivity contribution in [1.82, 2.24) is 61.5 Å². The Hall–Kier alpha value is 1.52. The van der Waals surface area contributed by atoms with Gasteiger partial charge in [0.2, 0.25) is 0 Å². The fraction of sp³-hybridized carbons (Fsp3) is 1.00. The minimum absolute atomic E-state index is 0. The second-order valence-corrected chi connectivity index (χ2v) is 13.4. The Kier molecular flexibility index (Phi) is 45.0. The van der Waals surface area contributed by atoms with Crippen LogP contribution in [0.4, 0.5) is 0 Å². The molecule has 2 unspecified atom stereocenters. The van der Waals surface area contributed by atoms with Crippen molar-refractivity contribution in [1.29, 1.82) is 0 Å². The van der Waals surface area contributed by atoms with Gasteiger partial charge in [-0.2, -0.15) is 0 Å². The molecule has 1 fully saturated rings. The van der Waals surface area contributed by atoms with Crippen LogP contribution in [0.3, 0.4) is 0 Å². The van der Waals surface area contributed by atoms with E-state index in [1.54, 1.807) is 0 Å². The molecule has 0 aromatic carbocycles. The summed E-state index contributed by atoms with van der Waals surface area (Å²) >= 11 is 0. The van der Waals surface area contributed by atoms with E-state index in [1.165, 1.54) is 0 Å². The molecule has 0 radical (unpaired) electrons. The summed E-state index contributed by atoms with van der Waals surface area (Å²) in [6, 6.07) is 0. The first kappa shape index (κ1) is 77.8. The van der Waals surface area contributed by atoms with Crippen molar-refractivity contribution in [3.05, 3.63) is 0 Å². The summed E-state index contributed by atoms with van der Waals surface area (Å²) < 4.78 is 92.3. The average Bonchev–Trinajstić information content (AvgIpc) is 2.51. The Morgan fingerprint density at radius 1 is 0.319 bits per heavy atom. The van der Waals surface area contributed by atoms with Gasteiger partial charge in [-0.25, -0.2) is 22.8 Å². The van der Waals surface area contributed by atoms with Crippen molar-refractivity contribution in [2.24, 2.45) is 0 Å². The second-order valence-electron chi connectivity index (χ2n) is 6.32. The largest absolute Gasteiger partial charge is 2.00 e. The Morgan fingerprint density at radius 2 is 0.426 bits per heavy atom. The van der Waals surface area contributed by atoms with Crippen LogP contribution in [-0.2, 0) is 54.5 Å². The zero-order valence-corrected chi connectivity index (χ0v) is 31.7. The van der Waals surface area contributed by atoms with Crippen LogP contribution < -0.4 is 71.3 Å². The van der Waals surface area contributed by atoms with Gasteiger partial charge in [-0.15, -0.1) is 0 Å². The van der Waals surface area contributed by atoms with Crippen LogP contribution in [0.15, 0.2) is 0 Å². The minimum Gasteiger partial charge on any atom is -0.790 e. The molecule has 296 valence electrons. The third kappa shape index (κ3) is 31.9. The standard InChI is InChI=1S/C6H18O24P6.Ca.10H3N/c7-31(8,9)25-1-2(26-32(10,11)12)4(28-34(16,17)18)6(30-36(22,23)24)5(29-35(19,20)21)3(1)27-33(13,14)15;;;;;;;;;;;/h1-6H,(H2,7,8,9)(H2,10,11,12)(H2,13,14,15)(H2,16,17,18)(H2,19,20,21)(H2,22,23,24);;10*1H3/q;+2;;;;;;;;;;/p-2/t1-,2-,3?,4?,5-,6+;;;;;;;;;;;/m0.........../s1. The first-order valence-corrected chi connectivity index (χ1v) is 17.1. The molecular formula is C6H46CaN10O24P6.